The summed E-state index contributed by atoms with van der Waals surface area (Å²) in [4.78, 5) is 14.3. The summed E-state index contributed by atoms with van der Waals surface area (Å²) < 4.78 is 21.7. The number of rotatable bonds is 2. The monoisotopic (exact) mass is 420 g/mol. The van der Waals surface area contributed by atoms with E-state index in [0.717, 1.165) is 19.3 Å². The molecule has 1 amide bonds. The van der Waals surface area contributed by atoms with Crippen LogP contribution in [0.1, 0.15) is 77.1 Å². The van der Waals surface area contributed by atoms with Gasteiger partial charge in [-0.2, -0.15) is 0 Å². The zero-order valence-electron chi connectivity index (χ0n) is 18.9. The number of carbonyl (C=O) groups excluding carboxylic acids is 1. The van der Waals surface area contributed by atoms with Crippen LogP contribution >= 0.6 is 0 Å². The summed E-state index contributed by atoms with van der Waals surface area (Å²) in [6.07, 6.45) is 2.48. The van der Waals surface area contributed by atoms with Gasteiger partial charge in [-0.15, -0.1) is 0 Å². The van der Waals surface area contributed by atoms with Gasteiger partial charge in [0, 0.05) is 13.1 Å². The van der Waals surface area contributed by atoms with Gasteiger partial charge < -0.3 is 9.64 Å². The molecule has 1 N–H and O–H groups in total. The molecule has 0 saturated carbocycles. The number of carbonyl (C=O) groups is 1. The van der Waals surface area contributed by atoms with Gasteiger partial charge in [-0.05, 0) is 84.3 Å². The second kappa shape index (κ2) is 7.69. The lowest BCUT2D eigenvalue weighted by Gasteiger charge is -2.44. The Bertz CT molecular complexity index is 799. The zero-order chi connectivity index (χ0) is 21.6. The fourth-order valence-electron chi connectivity index (χ4n) is 4.35. The van der Waals surface area contributed by atoms with Crippen LogP contribution in [-0.2, 0) is 22.1 Å². The summed E-state index contributed by atoms with van der Waals surface area (Å²) in [6, 6.07) is 6.65. The van der Waals surface area contributed by atoms with Crippen molar-refractivity contribution in [2.75, 3.05) is 13.1 Å². The van der Waals surface area contributed by atoms with Crippen LogP contribution < -0.4 is 4.72 Å². The Hall–Kier alpha value is -1.40. The van der Waals surface area contributed by atoms with E-state index in [2.05, 4.69) is 29.8 Å². The highest BCUT2D eigenvalue weighted by Gasteiger charge is 2.49. The van der Waals surface area contributed by atoms with Crippen molar-refractivity contribution in [2.24, 2.45) is 5.41 Å². The molecule has 1 spiro atoms. The Morgan fingerprint density at radius 2 is 1.79 bits per heavy atom. The third-order valence-electron chi connectivity index (χ3n) is 5.96. The number of nitrogens with zero attached hydrogens (tertiary/aromatic N) is 1. The van der Waals surface area contributed by atoms with Crippen molar-refractivity contribution in [3.8, 4) is 0 Å². The molecule has 0 aromatic heterocycles. The predicted molar refractivity (Wildman–Crippen MR) is 118 cm³/mol. The maximum Gasteiger partial charge on any atom is 0.410 e. The van der Waals surface area contributed by atoms with Crippen LogP contribution in [0.4, 0.5) is 4.79 Å². The zero-order valence-corrected chi connectivity index (χ0v) is 19.7. The molecule has 0 bridgehead atoms. The molecule has 1 aromatic rings. The molecule has 1 aliphatic carbocycles. The molecule has 6 heteroatoms. The van der Waals surface area contributed by atoms with Gasteiger partial charge in [0.15, 0.2) is 0 Å². The fraction of sp³-hybridized carbons (Fsp3) is 0.696. The second-order valence-electron chi connectivity index (χ2n) is 10.6. The Kier molecular flexibility index (Phi) is 5.91. The lowest BCUT2D eigenvalue weighted by molar-refractivity contribution is 0.00724. The van der Waals surface area contributed by atoms with Crippen molar-refractivity contribution in [2.45, 2.75) is 84.1 Å². The maximum absolute atomic E-state index is 13.0. The Morgan fingerprint density at radius 1 is 1.17 bits per heavy atom. The molecule has 0 unspecified atom stereocenters. The van der Waals surface area contributed by atoms with E-state index in [1.54, 1.807) is 0 Å². The van der Waals surface area contributed by atoms with Crippen LogP contribution in [0.15, 0.2) is 18.2 Å². The van der Waals surface area contributed by atoms with Gasteiger partial charge in [0.2, 0.25) is 0 Å². The third-order valence-corrected chi connectivity index (χ3v) is 7.52. The molecule has 5 nitrogen and oxygen atoms in total. The molecule has 1 heterocycles. The van der Waals surface area contributed by atoms with Crippen molar-refractivity contribution in [3.63, 3.8) is 0 Å². The van der Waals surface area contributed by atoms with Crippen molar-refractivity contribution in [1.29, 1.82) is 0 Å². The first kappa shape index (κ1) is 22.3. The van der Waals surface area contributed by atoms with E-state index in [0.29, 0.717) is 13.1 Å². The third kappa shape index (κ3) is 4.85. The Balaban J connectivity index is 1.82. The average Bonchev–Trinajstić information content (AvgIpc) is 2.86. The SMILES string of the molecule is Cc1ccc2c(c1)[C@@H](N[S@](=O)C(C)(C)C)C1(CCN(C(=O)OC(C)(C)C)CC1)C2. The highest BCUT2D eigenvalue weighted by molar-refractivity contribution is 7.84. The summed E-state index contributed by atoms with van der Waals surface area (Å²) in [5.74, 6) is 0. The minimum Gasteiger partial charge on any atom is -0.444 e. The second-order valence-corrected chi connectivity index (χ2v) is 12.6. The van der Waals surface area contributed by atoms with Crippen LogP contribution in [0.3, 0.4) is 0 Å². The maximum atomic E-state index is 13.0. The number of amides is 1. The molecule has 2 aliphatic rings. The first-order chi connectivity index (χ1) is 13.3. The quantitative estimate of drug-likeness (QED) is 0.757. The molecule has 1 saturated heterocycles. The van der Waals surface area contributed by atoms with Gasteiger partial charge in [0.1, 0.15) is 5.60 Å². The number of piperidine rings is 1. The molecule has 1 aliphatic heterocycles. The molecule has 3 rings (SSSR count). The van der Waals surface area contributed by atoms with Crippen molar-refractivity contribution < 1.29 is 13.7 Å². The number of ether oxygens (including phenoxy) is 1. The van der Waals surface area contributed by atoms with Crippen LogP contribution in [0, 0.1) is 12.3 Å². The number of hydrogen-bond acceptors (Lipinski definition) is 3. The Labute approximate surface area is 178 Å². The summed E-state index contributed by atoms with van der Waals surface area (Å²) >= 11 is 0. The van der Waals surface area contributed by atoms with Crippen LogP contribution in [0.25, 0.3) is 0 Å². The lowest BCUT2D eigenvalue weighted by Crippen LogP contribution is -2.49. The number of hydrogen-bond donors (Lipinski definition) is 1. The van der Waals surface area contributed by atoms with Crippen molar-refractivity contribution in [1.82, 2.24) is 9.62 Å². The standard InChI is InChI=1S/C23H36N2O3S/c1-16-8-9-17-15-23(19(18(17)14-16)24-29(27)22(5,6)7)10-12-25(13-11-23)20(26)28-21(2,3)4/h8-9,14,19,24H,10-13,15H2,1-7H3/t19-,29-/m1/s1. The number of likely N-dealkylation sites (tertiary alicyclic amines) is 1. The van der Waals surface area contributed by atoms with Crippen LogP contribution in [0.2, 0.25) is 0 Å². The van der Waals surface area contributed by atoms with E-state index in [1.165, 1.54) is 16.7 Å². The van der Waals surface area contributed by atoms with E-state index in [1.807, 2.05) is 46.4 Å². The minimum atomic E-state index is -1.15. The van der Waals surface area contributed by atoms with Gasteiger partial charge in [-0.3, -0.25) is 0 Å². The molecule has 1 aromatic carbocycles. The summed E-state index contributed by atoms with van der Waals surface area (Å²) in [5, 5.41) is 0. The smallest absolute Gasteiger partial charge is 0.410 e. The van der Waals surface area contributed by atoms with Crippen molar-refractivity contribution in [3.05, 3.63) is 34.9 Å². The van der Waals surface area contributed by atoms with E-state index >= 15 is 0 Å². The van der Waals surface area contributed by atoms with Crippen molar-refractivity contribution >= 4 is 17.1 Å². The normalized spacial score (nSPS) is 22.4. The predicted octanol–water partition coefficient (Wildman–Crippen LogP) is 4.66. The van der Waals surface area contributed by atoms with Gasteiger partial charge in [0.05, 0.1) is 21.8 Å². The molecule has 0 radical (unpaired) electrons. The minimum absolute atomic E-state index is 0.0183. The van der Waals surface area contributed by atoms with Crippen LogP contribution in [-0.4, -0.2) is 38.6 Å². The molecule has 1 fully saturated rings. The highest BCUT2D eigenvalue weighted by Crippen LogP contribution is 2.52. The first-order valence-electron chi connectivity index (χ1n) is 10.6. The van der Waals surface area contributed by atoms with E-state index in [-0.39, 0.29) is 22.3 Å². The largest absolute Gasteiger partial charge is 0.444 e. The van der Waals surface area contributed by atoms with Crippen LogP contribution in [0.5, 0.6) is 0 Å². The number of nitrogens with one attached hydrogen (secondary N) is 1. The number of fused-ring (bicyclic) bond motifs is 1. The van der Waals surface area contributed by atoms with E-state index in [9.17, 15) is 9.00 Å². The van der Waals surface area contributed by atoms with Gasteiger partial charge >= 0.3 is 6.09 Å². The van der Waals surface area contributed by atoms with Gasteiger partial charge in [0.25, 0.3) is 0 Å². The fourth-order valence-corrected chi connectivity index (χ4v) is 5.30. The molecular formula is C23H36N2O3S. The molecule has 2 atom stereocenters. The highest BCUT2D eigenvalue weighted by atomic mass is 32.2. The summed E-state index contributed by atoms with van der Waals surface area (Å²) in [7, 11) is -1.15. The first-order valence-corrected chi connectivity index (χ1v) is 11.7. The average molecular weight is 421 g/mol. The lowest BCUT2D eigenvalue weighted by atomic mass is 9.73. The van der Waals surface area contributed by atoms with E-state index in [4.69, 9.17) is 4.74 Å². The number of aryl methyl sites for hydroxylation is 1. The molecular weight excluding hydrogens is 384 g/mol. The summed E-state index contributed by atoms with van der Waals surface area (Å²) in [6.45, 7) is 15.1. The van der Waals surface area contributed by atoms with Gasteiger partial charge in [-0.25, -0.2) is 13.7 Å². The Morgan fingerprint density at radius 3 is 2.34 bits per heavy atom. The number of benzene rings is 1. The molecule has 162 valence electrons. The van der Waals surface area contributed by atoms with E-state index < -0.39 is 16.6 Å². The van der Waals surface area contributed by atoms with Gasteiger partial charge in [-0.1, -0.05) is 23.8 Å². The summed E-state index contributed by atoms with van der Waals surface area (Å²) in [5.41, 5.74) is 3.33. The topological polar surface area (TPSA) is 58.6 Å². The molecule has 29 heavy (non-hydrogen) atoms.